The van der Waals surface area contributed by atoms with Crippen molar-refractivity contribution >= 4 is 34.8 Å². The summed E-state index contributed by atoms with van der Waals surface area (Å²) in [5.41, 5.74) is 1.35. The maximum absolute atomic E-state index is 6.03. The second-order valence-electron chi connectivity index (χ2n) is 2.84. The third kappa shape index (κ3) is 1.95. The van der Waals surface area contributed by atoms with Crippen LogP contribution in [0.15, 0.2) is 24.4 Å². The molecule has 0 fully saturated rings. The number of benzene rings is 1. The van der Waals surface area contributed by atoms with Gasteiger partial charge < -0.3 is 0 Å². The lowest BCUT2D eigenvalue weighted by atomic mass is 10.3. The van der Waals surface area contributed by atoms with Crippen LogP contribution in [0.5, 0.6) is 0 Å². The largest absolute Gasteiger partial charge is 0.213 e. The molecule has 0 unspecified atom stereocenters. The van der Waals surface area contributed by atoms with Gasteiger partial charge in [0.25, 0.3) is 0 Å². The summed E-state index contributed by atoms with van der Waals surface area (Å²) < 4.78 is 1.54. The smallest absolute Gasteiger partial charge is 0.104 e. The van der Waals surface area contributed by atoms with E-state index in [1.807, 2.05) is 0 Å². The molecule has 3 nitrogen and oxygen atoms in total. The molecular formula is C9H6Cl3N3. The topological polar surface area (TPSA) is 30.7 Å². The Balaban J connectivity index is 2.63. The van der Waals surface area contributed by atoms with Gasteiger partial charge in [0, 0.05) is 0 Å². The van der Waals surface area contributed by atoms with E-state index in [4.69, 9.17) is 34.8 Å². The molecule has 0 aliphatic carbocycles. The van der Waals surface area contributed by atoms with Crippen molar-refractivity contribution in [2.45, 2.75) is 5.88 Å². The number of hydrogen-bond donors (Lipinski definition) is 0. The highest BCUT2D eigenvalue weighted by molar-refractivity contribution is 6.37. The molecule has 0 aliphatic rings. The summed E-state index contributed by atoms with van der Waals surface area (Å²) >= 11 is 17.8. The van der Waals surface area contributed by atoms with Gasteiger partial charge in [-0.3, -0.25) is 0 Å². The molecule has 0 saturated carbocycles. The first-order chi connectivity index (χ1) is 7.24. The molecule has 2 rings (SSSR count). The minimum atomic E-state index is 0.300. The lowest BCUT2D eigenvalue weighted by Crippen LogP contribution is -2.02. The van der Waals surface area contributed by atoms with Gasteiger partial charge in [0.1, 0.15) is 5.69 Å². The zero-order chi connectivity index (χ0) is 10.8. The molecule has 2 aromatic rings. The molecule has 0 amide bonds. The number of nitrogens with zero attached hydrogens (tertiary/aromatic N) is 3. The quantitative estimate of drug-likeness (QED) is 0.777. The maximum atomic E-state index is 6.03. The Morgan fingerprint density at radius 2 is 1.87 bits per heavy atom. The number of aromatic nitrogens is 3. The van der Waals surface area contributed by atoms with Crippen LogP contribution in [0.2, 0.25) is 10.0 Å². The van der Waals surface area contributed by atoms with E-state index in [9.17, 15) is 0 Å². The van der Waals surface area contributed by atoms with Gasteiger partial charge in [0.15, 0.2) is 0 Å². The second kappa shape index (κ2) is 4.39. The first kappa shape index (κ1) is 10.7. The lowest BCUT2D eigenvalue weighted by Gasteiger charge is -2.07. The van der Waals surface area contributed by atoms with Gasteiger partial charge >= 0.3 is 0 Å². The fourth-order valence-electron chi connectivity index (χ4n) is 1.23. The summed E-state index contributed by atoms with van der Waals surface area (Å²) in [6.45, 7) is 0. The van der Waals surface area contributed by atoms with E-state index in [-0.39, 0.29) is 0 Å². The highest BCUT2D eigenvalue weighted by Gasteiger charge is 2.12. The Kier molecular flexibility index (Phi) is 3.14. The highest BCUT2D eigenvalue weighted by atomic mass is 35.5. The fourth-order valence-corrected chi connectivity index (χ4v) is 1.97. The molecule has 0 bridgehead atoms. The first-order valence-electron chi connectivity index (χ1n) is 4.14. The van der Waals surface area contributed by atoms with Crippen molar-refractivity contribution in [3.8, 4) is 5.69 Å². The van der Waals surface area contributed by atoms with Crippen LogP contribution in [0, 0.1) is 0 Å². The lowest BCUT2D eigenvalue weighted by molar-refractivity contribution is 0.782. The first-order valence-corrected chi connectivity index (χ1v) is 5.43. The van der Waals surface area contributed by atoms with Crippen molar-refractivity contribution in [2.75, 3.05) is 0 Å². The van der Waals surface area contributed by atoms with Crippen LogP contribution < -0.4 is 0 Å². The minimum Gasteiger partial charge on any atom is -0.213 e. The molecule has 78 valence electrons. The Bertz CT molecular complexity index is 461. The molecular weight excluding hydrogens is 256 g/mol. The Morgan fingerprint density at radius 1 is 1.20 bits per heavy atom. The van der Waals surface area contributed by atoms with Crippen LogP contribution in [0.3, 0.4) is 0 Å². The zero-order valence-corrected chi connectivity index (χ0v) is 9.76. The van der Waals surface area contributed by atoms with E-state index in [0.29, 0.717) is 21.6 Å². The van der Waals surface area contributed by atoms with Crippen LogP contribution in [-0.2, 0) is 5.88 Å². The van der Waals surface area contributed by atoms with Crippen LogP contribution in [-0.4, -0.2) is 15.0 Å². The van der Waals surface area contributed by atoms with Gasteiger partial charge in [0.05, 0.1) is 27.8 Å². The molecule has 0 radical (unpaired) electrons. The summed E-state index contributed by atoms with van der Waals surface area (Å²) in [5.74, 6) is 0.300. The second-order valence-corrected chi connectivity index (χ2v) is 3.92. The maximum Gasteiger partial charge on any atom is 0.104 e. The van der Waals surface area contributed by atoms with Gasteiger partial charge in [-0.05, 0) is 12.1 Å². The van der Waals surface area contributed by atoms with E-state index in [1.165, 1.54) is 4.68 Å². The van der Waals surface area contributed by atoms with Crippen molar-refractivity contribution in [2.24, 2.45) is 0 Å². The van der Waals surface area contributed by atoms with Crippen LogP contribution in [0.25, 0.3) is 5.69 Å². The molecule has 0 spiro atoms. The fraction of sp³-hybridized carbons (Fsp3) is 0.111. The van der Waals surface area contributed by atoms with E-state index >= 15 is 0 Å². The minimum absolute atomic E-state index is 0.300. The highest BCUT2D eigenvalue weighted by Crippen LogP contribution is 2.28. The SMILES string of the molecule is ClCc1cnnn1-c1c(Cl)cccc1Cl. The standard InChI is InChI=1S/C9H6Cl3N3/c10-4-6-5-13-14-15(6)9-7(11)2-1-3-8(9)12/h1-3,5H,4H2. The Hall–Kier alpha value is -0.770. The van der Waals surface area contributed by atoms with Crippen molar-refractivity contribution in [1.29, 1.82) is 0 Å². The van der Waals surface area contributed by atoms with Gasteiger partial charge in [-0.15, -0.1) is 16.7 Å². The molecule has 1 heterocycles. The van der Waals surface area contributed by atoms with Gasteiger partial charge in [-0.1, -0.05) is 34.5 Å². The number of rotatable bonds is 2. The van der Waals surface area contributed by atoms with Crippen molar-refractivity contribution < 1.29 is 0 Å². The molecule has 0 atom stereocenters. The molecule has 1 aromatic carbocycles. The van der Waals surface area contributed by atoms with Crippen molar-refractivity contribution in [1.82, 2.24) is 15.0 Å². The summed E-state index contributed by atoms with van der Waals surface area (Å²) in [4.78, 5) is 0. The number of hydrogen-bond acceptors (Lipinski definition) is 2. The van der Waals surface area contributed by atoms with E-state index in [2.05, 4.69) is 10.3 Å². The normalized spacial score (nSPS) is 10.6. The summed E-state index contributed by atoms with van der Waals surface area (Å²) in [7, 11) is 0. The third-order valence-corrected chi connectivity index (χ3v) is 2.79. The molecule has 0 saturated heterocycles. The summed E-state index contributed by atoms with van der Waals surface area (Å²) in [5, 5.41) is 8.68. The van der Waals surface area contributed by atoms with Gasteiger partial charge in [-0.25, -0.2) is 4.68 Å². The molecule has 6 heteroatoms. The van der Waals surface area contributed by atoms with Gasteiger partial charge in [0.2, 0.25) is 0 Å². The molecule has 15 heavy (non-hydrogen) atoms. The van der Waals surface area contributed by atoms with Gasteiger partial charge in [-0.2, -0.15) is 0 Å². The predicted octanol–water partition coefficient (Wildman–Crippen LogP) is 3.31. The third-order valence-electron chi connectivity index (χ3n) is 1.91. The predicted molar refractivity (Wildman–Crippen MR) is 60.9 cm³/mol. The van der Waals surface area contributed by atoms with Crippen molar-refractivity contribution in [3.63, 3.8) is 0 Å². The van der Waals surface area contributed by atoms with E-state index in [1.54, 1.807) is 24.4 Å². The molecule has 1 aromatic heterocycles. The Labute approximate surface area is 102 Å². The average molecular weight is 263 g/mol. The average Bonchev–Trinajstić information content (AvgIpc) is 2.65. The van der Waals surface area contributed by atoms with Crippen LogP contribution in [0.1, 0.15) is 5.69 Å². The van der Waals surface area contributed by atoms with Crippen molar-refractivity contribution in [3.05, 3.63) is 40.1 Å². The molecule has 0 N–H and O–H groups in total. The van der Waals surface area contributed by atoms with Crippen LogP contribution >= 0.6 is 34.8 Å². The zero-order valence-electron chi connectivity index (χ0n) is 7.49. The van der Waals surface area contributed by atoms with E-state index < -0.39 is 0 Å². The number of para-hydroxylation sites is 1. The van der Waals surface area contributed by atoms with E-state index in [0.717, 1.165) is 5.69 Å². The monoisotopic (exact) mass is 261 g/mol. The Morgan fingerprint density at radius 3 is 2.47 bits per heavy atom. The van der Waals surface area contributed by atoms with Crippen LogP contribution in [0.4, 0.5) is 0 Å². The summed E-state index contributed by atoms with van der Waals surface area (Å²) in [6, 6.07) is 5.25. The number of alkyl halides is 1. The number of halogens is 3. The molecule has 0 aliphatic heterocycles. The summed E-state index contributed by atoms with van der Waals surface area (Å²) in [6.07, 6.45) is 1.58.